The van der Waals surface area contributed by atoms with Crippen LogP contribution in [0, 0.1) is 0 Å². The zero-order valence-corrected chi connectivity index (χ0v) is 14.9. The molecule has 2 unspecified atom stereocenters. The standard InChI is InChI=1S/C20H26N4/c1-15(14-20(3,4)17-10-6-5-7-11-17)21-16(2)19-23-22-18-12-8-9-13-24(18)19/h5-13,15-16,21H,14H2,1-4H3. The van der Waals surface area contributed by atoms with Crippen LogP contribution < -0.4 is 5.32 Å². The summed E-state index contributed by atoms with van der Waals surface area (Å²) < 4.78 is 2.05. The summed E-state index contributed by atoms with van der Waals surface area (Å²) in [5, 5.41) is 12.3. The maximum Gasteiger partial charge on any atom is 0.160 e. The Labute approximate surface area is 143 Å². The van der Waals surface area contributed by atoms with Crippen molar-refractivity contribution < 1.29 is 0 Å². The molecule has 0 fully saturated rings. The molecule has 0 amide bonds. The molecule has 3 aromatic rings. The Morgan fingerprint density at radius 2 is 1.71 bits per heavy atom. The average Bonchev–Trinajstić information content (AvgIpc) is 2.99. The molecular formula is C20H26N4. The number of nitrogens with one attached hydrogen (secondary N) is 1. The van der Waals surface area contributed by atoms with Crippen molar-refractivity contribution in [1.29, 1.82) is 0 Å². The first kappa shape index (κ1) is 16.7. The highest BCUT2D eigenvalue weighted by Crippen LogP contribution is 2.28. The number of hydrogen-bond acceptors (Lipinski definition) is 3. The molecule has 0 radical (unpaired) electrons. The highest BCUT2D eigenvalue weighted by molar-refractivity contribution is 5.37. The molecule has 4 nitrogen and oxygen atoms in total. The van der Waals surface area contributed by atoms with Crippen LogP contribution in [0.5, 0.6) is 0 Å². The monoisotopic (exact) mass is 322 g/mol. The van der Waals surface area contributed by atoms with Gasteiger partial charge in [0.2, 0.25) is 0 Å². The van der Waals surface area contributed by atoms with E-state index in [1.807, 2.05) is 28.8 Å². The van der Waals surface area contributed by atoms with Crippen LogP contribution in [-0.4, -0.2) is 20.6 Å². The summed E-state index contributed by atoms with van der Waals surface area (Å²) in [6.07, 6.45) is 3.07. The van der Waals surface area contributed by atoms with E-state index >= 15 is 0 Å². The molecular weight excluding hydrogens is 296 g/mol. The Hall–Kier alpha value is -2.20. The number of hydrogen-bond donors (Lipinski definition) is 1. The van der Waals surface area contributed by atoms with Crippen LogP contribution in [0.3, 0.4) is 0 Å². The molecule has 0 saturated heterocycles. The molecule has 2 atom stereocenters. The first-order valence-corrected chi connectivity index (χ1v) is 8.58. The second-order valence-corrected chi connectivity index (χ2v) is 7.23. The minimum absolute atomic E-state index is 0.125. The van der Waals surface area contributed by atoms with Crippen molar-refractivity contribution in [3.05, 3.63) is 66.1 Å². The van der Waals surface area contributed by atoms with E-state index in [9.17, 15) is 0 Å². The first-order valence-electron chi connectivity index (χ1n) is 8.58. The van der Waals surface area contributed by atoms with Gasteiger partial charge in [-0.25, -0.2) is 0 Å². The highest BCUT2D eigenvalue weighted by atomic mass is 15.3. The van der Waals surface area contributed by atoms with E-state index in [1.165, 1.54) is 5.56 Å². The second-order valence-electron chi connectivity index (χ2n) is 7.23. The fourth-order valence-electron chi connectivity index (χ4n) is 3.49. The minimum Gasteiger partial charge on any atom is -0.305 e. The Morgan fingerprint density at radius 3 is 2.46 bits per heavy atom. The molecule has 0 bridgehead atoms. The summed E-state index contributed by atoms with van der Waals surface area (Å²) in [5.41, 5.74) is 2.39. The Bertz CT molecular complexity index is 792. The zero-order chi connectivity index (χ0) is 17.2. The lowest BCUT2D eigenvalue weighted by Gasteiger charge is -2.30. The molecule has 0 spiro atoms. The number of pyridine rings is 1. The van der Waals surface area contributed by atoms with Crippen molar-refractivity contribution in [2.75, 3.05) is 0 Å². The third kappa shape index (κ3) is 3.49. The van der Waals surface area contributed by atoms with Crippen molar-refractivity contribution in [1.82, 2.24) is 19.9 Å². The van der Waals surface area contributed by atoms with Gasteiger partial charge in [-0.15, -0.1) is 10.2 Å². The van der Waals surface area contributed by atoms with Crippen LogP contribution in [0.4, 0.5) is 0 Å². The summed E-state index contributed by atoms with van der Waals surface area (Å²) in [6.45, 7) is 9.00. The molecule has 126 valence electrons. The van der Waals surface area contributed by atoms with Crippen LogP contribution in [-0.2, 0) is 5.41 Å². The van der Waals surface area contributed by atoms with Gasteiger partial charge in [-0.3, -0.25) is 4.40 Å². The lowest BCUT2D eigenvalue weighted by molar-refractivity contribution is 0.360. The van der Waals surface area contributed by atoms with Crippen LogP contribution in [0.2, 0.25) is 0 Å². The largest absolute Gasteiger partial charge is 0.305 e. The summed E-state index contributed by atoms with van der Waals surface area (Å²) in [4.78, 5) is 0. The van der Waals surface area contributed by atoms with Gasteiger partial charge in [0.25, 0.3) is 0 Å². The van der Waals surface area contributed by atoms with Crippen LogP contribution in [0.15, 0.2) is 54.7 Å². The fourth-order valence-corrected chi connectivity index (χ4v) is 3.49. The molecule has 0 aliphatic heterocycles. The van der Waals surface area contributed by atoms with E-state index in [-0.39, 0.29) is 11.5 Å². The van der Waals surface area contributed by atoms with E-state index in [0.29, 0.717) is 6.04 Å². The van der Waals surface area contributed by atoms with Crippen LogP contribution in [0.1, 0.15) is 51.5 Å². The van der Waals surface area contributed by atoms with E-state index in [1.54, 1.807) is 0 Å². The molecule has 0 aliphatic rings. The number of aromatic nitrogens is 3. The maximum atomic E-state index is 4.35. The quantitative estimate of drug-likeness (QED) is 0.742. The Balaban J connectivity index is 1.69. The van der Waals surface area contributed by atoms with Gasteiger partial charge in [0.1, 0.15) is 0 Å². The summed E-state index contributed by atoms with van der Waals surface area (Å²) >= 11 is 0. The number of benzene rings is 1. The topological polar surface area (TPSA) is 42.2 Å². The number of fused-ring (bicyclic) bond motifs is 1. The zero-order valence-electron chi connectivity index (χ0n) is 14.9. The third-order valence-corrected chi connectivity index (χ3v) is 4.63. The normalized spacial score (nSPS) is 14.7. The number of nitrogens with zero attached hydrogens (tertiary/aromatic N) is 3. The number of rotatable bonds is 6. The predicted molar refractivity (Wildman–Crippen MR) is 98.1 cm³/mol. The van der Waals surface area contributed by atoms with Gasteiger partial charge in [0, 0.05) is 12.2 Å². The molecule has 0 aliphatic carbocycles. The van der Waals surface area contributed by atoms with Crippen molar-refractivity contribution in [2.45, 2.75) is 51.6 Å². The summed E-state index contributed by atoms with van der Waals surface area (Å²) in [5.74, 6) is 0.954. The van der Waals surface area contributed by atoms with E-state index in [4.69, 9.17) is 0 Å². The van der Waals surface area contributed by atoms with Crippen molar-refractivity contribution in [2.24, 2.45) is 0 Å². The molecule has 3 rings (SSSR count). The summed E-state index contributed by atoms with van der Waals surface area (Å²) in [7, 11) is 0. The Kier molecular flexibility index (Phi) is 4.67. The minimum atomic E-state index is 0.125. The average molecular weight is 322 g/mol. The van der Waals surface area contributed by atoms with Crippen molar-refractivity contribution in [3.8, 4) is 0 Å². The van der Waals surface area contributed by atoms with E-state index < -0.39 is 0 Å². The first-order chi connectivity index (χ1) is 11.5. The maximum absolute atomic E-state index is 4.35. The Morgan fingerprint density at radius 1 is 1.00 bits per heavy atom. The predicted octanol–water partition coefficient (Wildman–Crippen LogP) is 4.14. The molecule has 24 heavy (non-hydrogen) atoms. The molecule has 1 aromatic carbocycles. The van der Waals surface area contributed by atoms with Gasteiger partial charge in [0.05, 0.1) is 6.04 Å². The van der Waals surface area contributed by atoms with E-state index in [2.05, 4.69) is 73.5 Å². The lowest BCUT2D eigenvalue weighted by Crippen LogP contribution is -2.35. The van der Waals surface area contributed by atoms with Gasteiger partial charge >= 0.3 is 0 Å². The van der Waals surface area contributed by atoms with E-state index in [0.717, 1.165) is 17.9 Å². The van der Waals surface area contributed by atoms with Gasteiger partial charge in [-0.1, -0.05) is 50.2 Å². The molecule has 2 heterocycles. The fraction of sp³-hybridized carbons (Fsp3) is 0.400. The molecule has 0 saturated carbocycles. The third-order valence-electron chi connectivity index (χ3n) is 4.63. The molecule has 4 heteroatoms. The highest BCUT2D eigenvalue weighted by Gasteiger charge is 2.24. The van der Waals surface area contributed by atoms with Crippen molar-refractivity contribution >= 4 is 5.65 Å². The lowest BCUT2D eigenvalue weighted by atomic mass is 9.79. The van der Waals surface area contributed by atoms with Gasteiger partial charge in [0.15, 0.2) is 11.5 Å². The van der Waals surface area contributed by atoms with Gasteiger partial charge in [-0.2, -0.15) is 0 Å². The molecule has 2 aromatic heterocycles. The SMILES string of the molecule is CC(CC(C)(C)c1ccccc1)NC(C)c1nnc2ccccn12. The van der Waals surface area contributed by atoms with Crippen LogP contribution >= 0.6 is 0 Å². The summed E-state index contributed by atoms with van der Waals surface area (Å²) in [6, 6.07) is 17.2. The second kappa shape index (κ2) is 6.73. The van der Waals surface area contributed by atoms with Gasteiger partial charge < -0.3 is 5.32 Å². The van der Waals surface area contributed by atoms with Gasteiger partial charge in [-0.05, 0) is 43.4 Å². The smallest absolute Gasteiger partial charge is 0.160 e. The molecule has 1 N–H and O–H groups in total. The van der Waals surface area contributed by atoms with Crippen molar-refractivity contribution in [3.63, 3.8) is 0 Å². The van der Waals surface area contributed by atoms with Crippen LogP contribution in [0.25, 0.3) is 5.65 Å².